The molecule has 0 radical (unpaired) electrons. The summed E-state index contributed by atoms with van der Waals surface area (Å²) in [7, 11) is 0. The van der Waals surface area contributed by atoms with Crippen LogP contribution in [0, 0.1) is 0 Å². The van der Waals surface area contributed by atoms with Crippen LogP contribution in [0.2, 0.25) is 0 Å². The normalized spacial score (nSPS) is 16.9. The van der Waals surface area contributed by atoms with Gasteiger partial charge in [0.1, 0.15) is 11.1 Å². The Kier molecular flexibility index (Phi) is 4.72. The molecule has 9 heteroatoms. The summed E-state index contributed by atoms with van der Waals surface area (Å²) in [6.45, 7) is 0.129. The molecule has 4 N–H and O–H groups in total. The van der Waals surface area contributed by atoms with Crippen molar-refractivity contribution in [2.75, 3.05) is 12.3 Å². The SMILES string of the molecule is O=C([C@@H]1CSC(c2cccc(O)c2O)=N1)N(O)CCc1cnc[nH]1. The largest absolute Gasteiger partial charge is 0.504 e. The number of benzene rings is 1. The summed E-state index contributed by atoms with van der Waals surface area (Å²) in [5, 5.41) is 30.5. The number of nitrogens with zero attached hydrogens (tertiary/aromatic N) is 3. The Bertz CT molecular complexity index is 763. The Morgan fingerprint density at radius 2 is 2.25 bits per heavy atom. The van der Waals surface area contributed by atoms with E-state index >= 15 is 0 Å². The number of aromatic hydroxyl groups is 2. The third-order valence-electron chi connectivity index (χ3n) is 3.58. The van der Waals surface area contributed by atoms with Crippen molar-refractivity contribution in [1.29, 1.82) is 0 Å². The number of rotatable bonds is 5. The Morgan fingerprint density at radius 1 is 1.42 bits per heavy atom. The van der Waals surface area contributed by atoms with Gasteiger partial charge in [-0.1, -0.05) is 6.07 Å². The van der Waals surface area contributed by atoms with E-state index < -0.39 is 11.9 Å². The Hall–Kier alpha value is -2.52. The predicted molar refractivity (Wildman–Crippen MR) is 88.3 cm³/mol. The van der Waals surface area contributed by atoms with Crippen LogP contribution in [0.25, 0.3) is 0 Å². The van der Waals surface area contributed by atoms with E-state index in [9.17, 15) is 20.2 Å². The highest BCUT2D eigenvalue weighted by atomic mass is 32.2. The van der Waals surface area contributed by atoms with Crippen molar-refractivity contribution in [1.82, 2.24) is 15.0 Å². The van der Waals surface area contributed by atoms with Crippen molar-refractivity contribution >= 4 is 22.7 Å². The average Bonchev–Trinajstić information content (AvgIpc) is 3.26. The van der Waals surface area contributed by atoms with Gasteiger partial charge in [0.05, 0.1) is 18.4 Å². The smallest absolute Gasteiger partial charge is 0.271 e. The summed E-state index contributed by atoms with van der Waals surface area (Å²) in [6, 6.07) is 3.85. The van der Waals surface area contributed by atoms with Crippen LogP contribution in [0.5, 0.6) is 11.5 Å². The maximum absolute atomic E-state index is 12.3. The summed E-state index contributed by atoms with van der Waals surface area (Å²) >= 11 is 1.29. The van der Waals surface area contributed by atoms with Crippen LogP contribution in [0.3, 0.4) is 0 Å². The lowest BCUT2D eigenvalue weighted by molar-refractivity contribution is -0.165. The molecule has 1 aliphatic rings. The van der Waals surface area contributed by atoms with Crippen LogP contribution >= 0.6 is 11.8 Å². The molecule has 0 aliphatic carbocycles. The highest BCUT2D eigenvalue weighted by Crippen LogP contribution is 2.34. The molecule has 126 valence electrons. The van der Waals surface area contributed by atoms with E-state index in [1.54, 1.807) is 18.3 Å². The van der Waals surface area contributed by atoms with E-state index in [1.165, 1.54) is 24.2 Å². The number of hydrogen-bond acceptors (Lipinski definition) is 7. The molecule has 1 atom stereocenters. The summed E-state index contributed by atoms with van der Waals surface area (Å²) in [5.74, 6) is -0.646. The van der Waals surface area contributed by atoms with Crippen LogP contribution in [0.15, 0.2) is 35.7 Å². The monoisotopic (exact) mass is 348 g/mol. The van der Waals surface area contributed by atoms with Gasteiger partial charge in [-0.3, -0.25) is 15.0 Å². The second-order valence-electron chi connectivity index (χ2n) is 5.22. The van der Waals surface area contributed by atoms with E-state index in [4.69, 9.17) is 0 Å². The molecule has 0 bridgehead atoms. The van der Waals surface area contributed by atoms with Gasteiger partial charge < -0.3 is 15.2 Å². The zero-order valence-electron chi connectivity index (χ0n) is 12.6. The lowest BCUT2D eigenvalue weighted by Gasteiger charge is -2.16. The number of carbonyl (C=O) groups excluding carboxylic acids is 1. The van der Waals surface area contributed by atoms with Gasteiger partial charge in [-0.15, -0.1) is 11.8 Å². The summed E-state index contributed by atoms with van der Waals surface area (Å²) in [5.41, 5.74) is 1.19. The molecule has 0 saturated carbocycles. The van der Waals surface area contributed by atoms with Crippen molar-refractivity contribution in [2.45, 2.75) is 12.5 Å². The quantitative estimate of drug-likeness (QED) is 0.365. The molecule has 24 heavy (non-hydrogen) atoms. The van der Waals surface area contributed by atoms with Gasteiger partial charge in [-0.2, -0.15) is 0 Å². The van der Waals surface area contributed by atoms with Crippen molar-refractivity contribution in [2.24, 2.45) is 4.99 Å². The molecule has 0 unspecified atom stereocenters. The van der Waals surface area contributed by atoms with Crippen molar-refractivity contribution in [3.63, 3.8) is 0 Å². The molecule has 1 aromatic carbocycles. The number of aromatic nitrogens is 2. The molecular formula is C15H16N4O4S. The minimum Gasteiger partial charge on any atom is -0.504 e. The standard InChI is InChI=1S/C15H16N4O4S/c20-12-3-1-2-10(13(12)21)14-18-11(7-24-14)15(22)19(23)5-4-9-6-16-8-17-9/h1-3,6,8,11,20-21,23H,4-5,7H2,(H,16,17)/t11-/m0/s1. The second kappa shape index (κ2) is 6.93. The molecule has 2 aromatic rings. The van der Waals surface area contributed by atoms with E-state index in [2.05, 4.69) is 15.0 Å². The molecule has 2 heterocycles. The number of amides is 1. The third kappa shape index (κ3) is 3.36. The molecule has 3 rings (SSSR count). The van der Waals surface area contributed by atoms with Gasteiger partial charge in [0.25, 0.3) is 5.91 Å². The van der Waals surface area contributed by atoms with Gasteiger partial charge in [-0.25, -0.2) is 10.0 Å². The van der Waals surface area contributed by atoms with Gasteiger partial charge in [0.2, 0.25) is 0 Å². The minimum atomic E-state index is -0.724. The van der Waals surface area contributed by atoms with Crippen LogP contribution in [-0.2, 0) is 11.2 Å². The van der Waals surface area contributed by atoms with Crippen molar-refractivity contribution in [3.05, 3.63) is 42.0 Å². The highest BCUT2D eigenvalue weighted by Gasteiger charge is 2.30. The molecule has 1 aromatic heterocycles. The van der Waals surface area contributed by atoms with Crippen molar-refractivity contribution < 1.29 is 20.2 Å². The first kappa shape index (κ1) is 16.3. The first-order valence-corrected chi connectivity index (χ1v) is 8.24. The van der Waals surface area contributed by atoms with Crippen LogP contribution in [-0.4, -0.2) is 59.7 Å². The van der Waals surface area contributed by atoms with E-state index in [0.29, 0.717) is 27.8 Å². The lowest BCUT2D eigenvalue weighted by Crippen LogP contribution is -2.37. The topological polar surface area (TPSA) is 122 Å². The number of hydrogen-bond donors (Lipinski definition) is 4. The van der Waals surface area contributed by atoms with Gasteiger partial charge in [0, 0.05) is 24.1 Å². The number of hydroxylamine groups is 2. The maximum Gasteiger partial charge on any atom is 0.271 e. The Balaban J connectivity index is 1.66. The number of aliphatic imine (C=N–C) groups is 1. The number of imidazole rings is 1. The number of H-pyrrole nitrogens is 1. The third-order valence-corrected chi connectivity index (χ3v) is 4.66. The van der Waals surface area contributed by atoms with Crippen molar-refractivity contribution in [3.8, 4) is 11.5 Å². The number of phenols is 2. The number of thioether (sulfide) groups is 1. The number of carbonyl (C=O) groups is 1. The summed E-state index contributed by atoms with van der Waals surface area (Å²) in [4.78, 5) is 23.3. The Labute approximate surface area is 141 Å². The van der Waals surface area contributed by atoms with E-state index in [1.807, 2.05) is 0 Å². The average molecular weight is 348 g/mol. The van der Waals surface area contributed by atoms with E-state index in [-0.39, 0.29) is 18.0 Å². The number of aromatic amines is 1. The van der Waals surface area contributed by atoms with Gasteiger partial charge >= 0.3 is 0 Å². The zero-order valence-corrected chi connectivity index (χ0v) is 13.4. The highest BCUT2D eigenvalue weighted by molar-refractivity contribution is 8.14. The molecular weight excluding hydrogens is 332 g/mol. The first-order valence-electron chi connectivity index (χ1n) is 7.25. The lowest BCUT2D eigenvalue weighted by atomic mass is 10.2. The predicted octanol–water partition coefficient (Wildman–Crippen LogP) is 1.14. The zero-order chi connectivity index (χ0) is 17.1. The molecule has 1 aliphatic heterocycles. The van der Waals surface area contributed by atoms with Gasteiger partial charge in [0.15, 0.2) is 11.5 Å². The molecule has 0 saturated heterocycles. The molecule has 1 amide bonds. The maximum atomic E-state index is 12.3. The summed E-state index contributed by atoms with van der Waals surface area (Å²) < 4.78 is 0. The second-order valence-corrected chi connectivity index (χ2v) is 6.23. The number of phenolic OH excluding ortho intramolecular Hbond substituents is 2. The summed E-state index contributed by atoms with van der Waals surface area (Å²) in [6.07, 6.45) is 3.61. The fourth-order valence-electron chi connectivity index (χ4n) is 2.28. The fraction of sp³-hybridized carbons (Fsp3) is 0.267. The van der Waals surface area contributed by atoms with Crippen LogP contribution in [0.4, 0.5) is 0 Å². The molecule has 0 spiro atoms. The molecule has 0 fully saturated rings. The molecule has 8 nitrogen and oxygen atoms in total. The minimum absolute atomic E-state index is 0.129. The van der Waals surface area contributed by atoms with Crippen LogP contribution < -0.4 is 0 Å². The van der Waals surface area contributed by atoms with Gasteiger partial charge in [-0.05, 0) is 12.1 Å². The first-order chi connectivity index (χ1) is 11.6. The fourth-order valence-corrected chi connectivity index (χ4v) is 3.34. The number of nitrogens with one attached hydrogen (secondary N) is 1. The van der Waals surface area contributed by atoms with Crippen LogP contribution in [0.1, 0.15) is 11.3 Å². The Morgan fingerprint density at radius 3 is 3.00 bits per heavy atom. The van der Waals surface area contributed by atoms with E-state index in [0.717, 1.165) is 5.69 Å². The number of para-hydroxylation sites is 1.